The zero-order valence-corrected chi connectivity index (χ0v) is 16.3. The van der Waals surface area contributed by atoms with Gasteiger partial charge in [-0.15, -0.1) is 0 Å². The number of hydrogen-bond acceptors (Lipinski definition) is 4. The fourth-order valence-electron chi connectivity index (χ4n) is 2.55. The predicted molar refractivity (Wildman–Crippen MR) is 104 cm³/mol. The van der Waals surface area contributed by atoms with Gasteiger partial charge in [0.25, 0.3) is 0 Å². The van der Waals surface area contributed by atoms with E-state index in [0.717, 1.165) is 11.3 Å². The number of amides is 1. The molecule has 0 aliphatic carbocycles. The van der Waals surface area contributed by atoms with Crippen molar-refractivity contribution < 1.29 is 19.0 Å². The van der Waals surface area contributed by atoms with Crippen molar-refractivity contribution in [1.82, 2.24) is 0 Å². The average molecular weight is 378 g/mol. The first-order chi connectivity index (χ1) is 12.4. The smallest absolute Gasteiger partial charge is 0.224 e. The van der Waals surface area contributed by atoms with Crippen molar-refractivity contribution in [2.24, 2.45) is 0 Å². The Balaban J connectivity index is 1.87. The molecule has 0 aliphatic rings. The summed E-state index contributed by atoms with van der Waals surface area (Å²) < 4.78 is 16.2. The van der Waals surface area contributed by atoms with Crippen LogP contribution in [0.4, 0.5) is 5.69 Å². The predicted octanol–water partition coefficient (Wildman–Crippen LogP) is 4.77. The van der Waals surface area contributed by atoms with Gasteiger partial charge in [0.05, 0.1) is 31.5 Å². The van der Waals surface area contributed by atoms with E-state index in [0.29, 0.717) is 41.7 Å². The van der Waals surface area contributed by atoms with Crippen LogP contribution in [-0.4, -0.2) is 26.7 Å². The number of ether oxygens (including phenoxy) is 3. The molecule has 1 amide bonds. The van der Waals surface area contributed by atoms with Crippen LogP contribution in [0.3, 0.4) is 0 Å². The Morgan fingerprint density at radius 2 is 1.77 bits per heavy atom. The topological polar surface area (TPSA) is 56.8 Å². The van der Waals surface area contributed by atoms with Crippen molar-refractivity contribution >= 4 is 23.2 Å². The Bertz CT molecular complexity index is 777. The van der Waals surface area contributed by atoms with Crippen LogP contribution in [0.5, 0.6) is 17.2 Å². The Labute approximate surface area is 159 Å². The molecule has 0 saturated carbocycles. The van der Waals surface area contributed by atoms with Crippen LogP contribution in [0.15, 0.2) is 30.3 Å². The van der Waals surface area contributed by atoms with E-state index in [2.05, 4.69) is 11.4 Å². The monoisotopic (exact) mass is 377 g/mol. The summed E-state index contributed by atoms with van der Waals surface area (Å²) in [6.07, 6.45) is 0.936. The lowest BCUT2D eigenvalue weighted by molar-refractivity contribution is -0.116. The van der Waals surface area contributed by atoms with E-state index in [-0.39, 0.29) is 5.91 Å². The highest BCUT2D eigenvalue weighted by Crippen LogP contribution is 2.35. The van der Waals surface area contributed by atoms with Gasteiger partial charge in [-0.25, -0.2) is 0 Å². The molecule has 0 saturated heterocycles. The Morgan fingerprint density at radius 3 is 2.42 bits per heavy atom. The molecule has 0 bridgehead atoms. The molecule has 0 radical (unpaired) electrons. The van der Waals surface area contributed by atoms with Gasteiger partial charge in [0, 0.05) is 18.6 Å². The number of anilines is 1. The molecule has 0 heterocycles. The maximum absolute atomic E-state index is 12.2. The van der Waals surface area contributed by atoms with E-state index in [9.17, 15) is 4.79 Å². The molecule has 0 aliphatic heterocycles. The van der Waals surface area contributed by atoms with E-state index >= 15 is 0 Å². The molecule has 0 unspecified atom stereocenters. The first-order valence-corrected chi connectivity index (χ1v) is 8.73. The van der Waals surface area contributed by atoms with Gasteiger partial charge >= 0.3 is 0 Å². The number of carbonyl (C=O) groups excluding carboxylic acids is 1. The van der Waals surface area contributed by atoms with Gasteiger partial charge in [-0.2, -0.15) is 0 Å². The Kier molecular flexibility index (Phi) is 7.16. The number of rotatable bonds is 8. The second-order valence-electron chi connectivity index (χ2n) is 5.96. The van der Waals surface area contributed by atoms with E-state index in [4.69, 9.17) is 25.8 Å². The van der Waals surface area contributed by atoms with Gasteiger partial charge in [0.15, 0.2) is 0 Å². The van der Waals surface area contributed by atoms with Crippen molar-refractivity contribution in [2.45, 2.75) is 26.7 Å². The number of halogens is 1. The minimum Gasteiger partial charge on any atom is -0.495 e. The zero-order valence-electron chi connectivity index (χ0n) is 15.5. The Morgan fingerprint density at radius 1 is 1.04 bits per heavy atom. The van der Waals surface area contributed by atoms with Gasteiger partial charge in [-0.3, -0.25) is 4.79 Å². The van der Waals surface area contributed by atoms with Crippen LogP contribution in [0, 0.1) is 13.8 Å². The molecule has 26 heavy (non-hydrogen) atoms. The standard InChI is InChI=1S/C20H24ClNO4/c1-13-7-8-17(14(2)10-13)26-9-5-6-20(23)22-16-12-18(24-3)15(21)11-19(16)25-4/h7-8,10-12H,5-6,9H2,1-4H3,(H,22,23). The molecule has 2 aromatic carbocycles. The molecule has 1 N–H and O–H groups in total. The van der Waals surface area contributed by atoms with Crippen LogP contribution in [0.1, 0.15) is 24.0 Å². The van der Waals surface area contributed by atoms with Crippen LogP contribution >= 0.6 is 11.6 Å². The highest BCUT2D eigenvalue weighted by atomic mass is 35.5. The van der Waals surface area contributed by atoms with Crippen LogP contribution < -0.4 is 19.5 Å². The molecule has 140 valence electrons. The van der Waals surface area contributed by atoms with Crippen LogP contribution in [0.25, 0.3) is 0 Å². The Hall–Kier alpha value is -2.40. The fraction of sp³-hybridized carbons (Fsp3) is 0.350. The van der Waals surface area contributed by atoms with Gasteiger partial charge < -0.3 is 19.5 Å². The maximum atomic E-state index is 12.2. The molecular formula is C20H24ClNO4. The minimum atomic E-state index is -0.128. The molecule has 0 aromatic heterocycles. The van der Waals surface area contributed by atoms with Gasteiger partial charge in [0.1, 0.15) is 17.2 Å². The minimum absolute atomic E-state index is 0.128. The zero-order chi connectivity index (χ0) is 19.1. The van der Waals surface area contributed by atoms with Crippen molar-refractivity contribution in [1.29, 1.82) is 0 Å². The van der Waals surface area contributed by atoms with Gasteiger partial charge in [-0.05, 0) is 31.9 Å². The number of aryl methyl sites for hydroxylation is 2. The maximum Gasteiger partial charge on any atom is 0.224 e. The second-order valence-corrected chi connectivity index (χ2v) is 6.36. The molecule has 0 fully saturated rings. The van der Waals surface area contributed by atoms with Crippen molar-refractivity contribution in [2.75, 3.05) is 26.1 Å². The van der Waals surface area contributed by atoms with Crippen molar-refractivity contribution in [3.63, 3.8) is 0 Å². The van der Waals surface area contributed by atoms with Crippen molar-refractivity contribution in [3.05, 3.63) is 46.5 Å². The third kappa shape index (κ3) is 5.30. The summed E-state index contributed by atoms with van der Waals surface area (Å²) in [4.78, 5) is 12.2. The second kappa shape index (κ2) is 9.34. The third-order valence-electron chi connectivity index (χ3n) is 3.88. The lowest BCUT2D eigenvalue weighted by Crippen LogP contribution is -2.13. The molecular weight excluding hydrogens is 354 g/mol. The first-order valence-electron chi connectivity index (χ1n) is 8.36. The summed E-state index contributed by atoms with van der Waals surface area (Å²) >= 11 is 6.07. The quantitative estimate of drug-likeness (QED) is 0.673. The van der Waals surface area contributed by atoms with E-state index < -0.39 is 0 Å². The molecule has 0 spiro atoms. The lowest BCUT2D eigenvalue weighted by atomic mass is 10.1. The van der Waals surface area contributed by atoms with E-state index in [1.54, 1.807) is 12.1 Å². The number of carbonyl (C=O) groups is 1. The van der Waals surface area contributed by atoms with Crippen molar-refractivity contribution in [3.8, 4) is 17.2 Å². The van der Waals surface area contributed by atoms with Gasteiger partial charge in [0.2, 0.25) is 5.91 Å². The number of methoxy groups -OCH3 is 2. The molecule has 2 rings (SSSR count). The van der Waals surface area contributed by atoms with Crippen LogP contribution in [0.2, 0.25) is 5.02 Å². The van der Waals surface area contributed by atoms with E-state index in [1.165, 1.54) is 19.8 Å². The molecule has 6 heteroatoms. The summed E-state index contributed by atoms with van der Waals surface area (Å²) in [5, 5.41) is 3.24. The van der Waals surface area contributed by atoms with Crippen LogP contribution in [-0.2, 0) is 4.79 Å². The normalized spacial score (nSPS) is 10.3. The number of nitrogens with one attached hydrogen (secondary N) is 1. The summed E-state index contributed by atoms with van der Waals surface area (Å²) in [5.41, 5.74) is 2.81. The lowest BCUT2D eigenvalue weighted by Gasteiger charge is -2.13. The summed E-state index contributed by atoms with van der Waals surface area (Å²) in [6.45, 7) is 4.52. The highest BCUT2D eigenvalue weighted by Gasteiger charge is 2.12. The van der Waals surface area contributed by atoms with E-state index in [1.807, 2.05) is 26.0 Å². The third-order valence-corrected chi connectivity index (χ3v) is 4.18. The number of benzene rings is 2. The summed E-state index contributed by atoms with van der Waals surface area (Å²) in [5.74, 6) is 1.67. The highest BCUT2D eigenvalue weighted by molar-refractivity contribution is 6.32. The SMILES string of the molecule is COc1cc(NC(=O)CCCOc2ccc(C)cc2C)c(OC)cc1Cl. The first kappa shape index (κ1) is 19.9. The summed E-state index contributed by atoms with van der Waals surface area (Å²) in [6, 6.07) is 9.29. The fourth-order valence-corrected chi connectivity index (χ4v) is 2.78. The van der Waals surface area contributed by atoms with Gasteiger partial charge in [-0.1, -0.05) is 29.3 Å². The molecule has 2 aromatic rings. The average Bonchev–Trinajstić information content (AvgIpc) is 2.61. The summed E-state index contributed by atoms with van der Waals surface area (Å²) in [7, 11) is 3.04. The molecule has 5 nitrogen and oxygen atoms in total. The largest absolute Gasteiger partial charge is 0.495 e. The molecule has 0 atom stereocenters. The number of hydrogen-bond donors (Lipinski definition) is 1.